The summed E-state index contributed by atoms with van der Waals surface area (Å²) in [6.45, 7) is 2.11. The average Bonchev–Trinajstić information content (AvgIpc) is 2.55. The van der Waals surface area contributed by atoms with E-state index in [0.717, 1.165) is 24.8 Å². The van der Waals surface area contributed by atoms with E-state index >= 15 is 0 Å². The first kappa shape index (κ1) is 18.2. The number of nitrogens with zero attached hydrogens (tertiary/aromatic N) is 1. The number of benzene rings is 1. The molecule has 0 fully saturated rings. The second-order valence-corrected chi connectivity index (χ2v) is 5.32. The molecule has 0 saturated carbocycles. The number of nitrogens with one attached hydrogen (secondary N) is 2. The van der Waals surface area contributed by atoms with Crippen LogP contribution >= 0.6 is 0 Å². The monoisotopic (exact) mass is 305 g/mol. The normalized spacial score (nSPS) is 15.9. The molecule has 0 aliphatic heterocycles. The molecule has 0 radical (unpaired) electrons. The minimum absolute atomic E-state index is 0.474. The fraction of sp³-hybridized carbons (Fsp3) is 0.529. The number of hydrogen-bond donors (Lipinski definition) is 3. The van der Waals surface area contributed by atoms with Crippen molar-refractivity contribution in [1.82, 2.24) is 10.6 Å². The standard InChI is InChI=1S/C17H27N3O2/c1-5-6-12-17(20-4,13-10-8-7-9-11-13)14(16(21)22)15(18-2)19-3/h7-11,14,20H,5-6,12H2,1-4H3,(H,18,19)(H,21,22). The number of carboxylic acids is 1. The van der Waals surface area contributed by atoms with Crippen LogP contribution in [0.3, 0.4) is 0 Å². The highest BCUT2D eigenvalue weighted by molar-refractivity contribution is 6.01. The van der Waals surface area contributed by atoms with Crippen molar-refractivity contribution in [2.45, 2.75) is 31.7 Å². The highest BCUT2D eigenvalue weighted by Crippen LogP contribution is 2.35. The van der Waals surface area contributed by atoms with Gasteiger partial charge in [0, 0.05) is 14.1 Å². The van der Waals surface area contributed by atoms with Crippen molar-refractivity contribution >= 4 is 11.8 Å². The molecular formula is C17H27N3O2. The maximum Gasteiger partial charge on any atom is 0.316 e. The molecular weight excluding hydrogens is 278 g/mol. The number of aliphatic imine (C=N–C) groups is 1. The van der Waals surface area contributed by atoms with E-state index in [2.05, 4.69) is 22.5 Å². The maximum absolute atomic E-state index is 12.0. The first-order valence-electron chi connectivity index (χ1n) is 7.69. The van der Waals surface area contributed by atoms with Crippen LogP contribution in [0, 0.1) is 5.92 Å². The third kappa shape index (κ3) is 3.65. The van der Waals surface area contributed by atoms with Crippen LogP contribution in [0.2, 0.25) is 0 Å². The molecule has 0 amide bonds. The molecule has 0 bridgehead atoms. The summed E-state index contributed by atoms with van der Waals surface area (Å²) >= 11 is 0. The number of carbonyl (C=O) groups is 1. The molecule has 122 valence electrons. The van der Waals surface area contributed by atoms with Gasteiger partial charge in [-0.15, -0.1) is 0 Å². The Kier molecular flexibility index (Phi) is 7.05. The van der Waals surface area contributed by atoms with Crippen molar-refractivity contribution in [3.63, 3.8) is 0 Å². The number of unbranched alkanes of at least 4 members (excludes halogenated alkanes) is 1. The number of aliphatic carboxylic acids is 1. The van der Waals surface area contributed by atoms with Gasteiger partial charge in [-0.1, -0.05) is 50.1 Å². The van der Waals surface area contributed by atoms with Gasteiger partial charge in [0.05, 0.1) is 5.54 Å². The summed E-state index contributed by atoms with van der Waals surface area (Å²) in [5.74, 6) is -1.19. The predicted molar refractivity (Wildman–Crippen MR) is 90.2 cm³/mol. The van der Waals surface area contributed by atoms with E-state index in [1.807, 2.05) is 37.4 Å². The lowest BCUT2D eigenvalue weighted by molar-refractivity contribution is -0.142. The van der Waals surface area contributed by atoms with Gasteiger partial charge in [0.2, 0.25) is 0 Å². The van der Waals surface area contributed by atoms with Crippen LogP contribution in [-0.4, -0.2) is 38.1 Å². The Morgan fingerprint density at radius 1 is 1.32 bits per heavy atom. The lowest BCUT2D eigenvalue weighted by Gasteiger charge is -2.39. The minimum Gasteiger partial charge on any atom is -0.481 e. The maximum atomic E-state index is 12.0. The third-order valence-corrected chi connectivity index (χ3v) is 4.17. The Labute approximate surface area is 132 Å². The molecule has 0 saturated heterocycles. The Hall–Kier alpha value is -1.88. The Morgan fingerprint density at radius 3 is 2.36 bits per heavy atom. The van der Waals surface area contributed by atoms with Crippen LogP contribution in [0.25, 0.3) is 0 Å². The van der Waals surface area contributed by atoms with Gasteiger partial charge in [0.1, 0.15) is 11.8 Å². The van der Waals surface area contributed by atoms with Gasteiger partial charge in [-0.2, -0.15) is 0 Å². The Balaban J connectivity index is 3.48. The summed E-state index contributed by atoms with van der Waals surface area (Å²) in [4.78, 5) is 16.2. The van der Waals surface area contributed by atoms with Crippen LogP contribution < -0.4 is 10.6 Å². The van der Waals surface area contributed by atoms with E-state index in [0.29, 0.717) is 5.84 Å². The van der Waals surface area contributed by atoms with Crippen molar-refractivity contribution in [2.75, 3.05) is 21.1 Å². The van der Waals surface area contributed by atoms with Crippen LogP contribution in [0.4, 0.5) is 0 Å². The molecule has 22 heavy (non-hydrogen) atoms. The number of amidine groups is 1. The van der Waals surface area contributed by atoms with Gasteiger partial charge in [-0.05, 0) is 19.0 Å². The van der Waals surface area contributed by atoms with E-state index in [1.54, 1.807) is 14.1 Å². The molecule has 3 N–H and O–H groups in total. The Morgan fingerprint density at radius 2 is 1.95 bits per heavy atom. The fourth-order valence-corrected chi connectivity index (χ4v) is 3.01. The highest BCUT2D eigenvalue weighted by Gasteiger charge is 2.45. The molecule has 0 spiro atoms. The van der Waals surface area contributed by atoms with Gasteiger partial charge in [0.15, 0.2) is 0 Å². The largest absolute Gasteiger partial charge is 0.481 e. The molecule has 1 aromatic carbocycles. The van der Waals surface area contributed by atoms with Crippen LogP contribution in [-0.2, 0) is 10.3 Å². The quantitative estimate of drug-likeness (QED) is 0.509. The van der Waals surface area contributed by atoms with E-state index in [1.165, 1.54) is 0 Å². The summed E-state index contributed by atoms with van der Waals surface area (Å²) in [6, 6.07) is 9.77. The van der Waals surface area contributed by atoms with Gasteiger partial charge < -0.3 is 15.7 Å². The van der Waals surface area contributed by atoms with E-state index < -0.39 is 17.4 Å². The zero-order valence-electron chi connectivity index (χ0n) is 13.9. The molecule has 0 heterocycles. The zero-order valence-corrected chi connectivity index (χ0v) is 13.9. The van der Waals surface area contributed by atoms with Gasteiger partial charge in [-0.25, -0.2) is 0 Å². The van der Waals surface area contributed by atoms with Crippen LogP contribution in [0.15, 0.2) is 35.3 Å². The topological polar surface area (TPSA) is 73.7 Å². The van der Waals surface area contributed by atoms with Crippen LogP contribution in [0.1, 0.15) is 31.7 Å². The van der Waals surface area contributed by atoms with Crippen molar-refractivity contribution < 1.29 is 9.90 Å². The first-order chi connectivity index (χ1) is 10.6. The second kappa shape index (κ2) is 8.54. The smallest absolute Gasteiger partial charge is 0.316 e. The number of hydrogen-bond acceptors (Lipinski definition) is 3. The van der Waals surface area contributed by atoms with Crippen molar-refractivity contribution in [3.8, 4) is 0 Å². The first-order valence-corrected chi connectivity index (χ1v) is 7.69. The van der Waals surface area contributed by atoms with Gasteiger partial charge in [0.25, 0.3) is 0 Å². The van der Waals surface area contributed by atoms with Gasteiger partial charge in [-0.3, -0.25) is 9.79 Å². The predicted octanol–water partition coefficient (Wildman–Crippen LogP) is 2.24. The third-order valence-electron chi connectivity index (χ3n) is 4.17. The summed E-state index contributed by atoms with van der Waals surface area (Å²) in [5, 5.41) is 16.1. The molecule has 1 rings (SSSR count). The molecule has 0 aromatic heterocycles. The average molecular weight is 305 g/mol. The molecule has 5 nitrogen and oxygen atoms in total. The lowest BCUT2D eigenvalue weighted by Crippen LogP contribution is -2.55. The molecule has 5 heteroatoms. The summed E-state index contributed by atoms with van der Waals surface area (Å²) in [7, 11) is 5.15. The van der Waals surface area contributed by atoms with E-state index in [9.17, 15) is 9.90 Å². The number of rotatable bonds is 8. The molecule has 1 aromatic rings. The SMILES string of the molecule is CCCCC(NC)(c1ccccc1)C(C(=O)O)C(=NC)NC. The summed E-state index contributed by atoms with van der Waals surface area (Å²) in [6.07, 6.45) is 2.66. The lowest BCUT2D eigenvalue weighted by atomic mass is 9.73. The zero-order chi connectivity index (χ0) is 16.6. The second-order valence-electron chi connectivity index (χ2n) is 5.32. The van der Waals surface area contributed by atoms with Crippen molar-refractivity contribution in [3.05, 3.63) is 35.9 Å². The van der Waals surface area contributed by atoms with Crippen molar-refractivity contribution in [2.24, 2.45) is 10.9 Å². The van der Waals surface area contributed by atoms with E-state index in [4.69, 9.17) is 0 Å². The molecule has 2 atom stereocenters. The fourth-order valence-electron chi connectivity index (χ4n) is 3.01. The summed E-state index contributed by atoms with van der Waals surface area (Å²) in [5.41, 5.74) is 0.274. The van der Waals surface area contributed by atoms with Gasteiger partial charge >= 0.3 is 5.97 Å². The van der Waals surface area contributed by atoms with E-state index in [-0.39, 0.29) is 0 Å². The Bertz CT molecular complexity index is 502. The minimum atomic E-state index is -0.885. The van der Waals surface area contributed by atoms with Crippen molar-refractivity contribution in [1.29, 1.82) is 0 Å². The summed E-state index contributed by atoms with van der Waals surface area (Å²) < 4.78 is 0. The highest BCUT2D eigenvalue weighted by atomic mass is 16.4. The number of carboxylic acid groups (broad SMARTS) is 1. The molecule has 0 aliphatic carbocycles. The molecule has 2 unspecified atom stereocenters. The molecule has 0 aliphatic rings. The van der Waals surface area contributed by atoms with Crippen LogP contribution in [0.5, 0.6) is 0 Å².